The molecular weight excluding hydrogens is 306 g/mol. The first-order valence-corrected chi connectivity index (χ1v) is 7.65. The highest BCUT2D eigenvalue weighted by Crippen LogP contribution is 2.27. The maximum atomic E-state index is 13.0. The molecule has 0 atom stereocenters. The van der Waals surface area contributed by atoms with Gasteiger partial charge in [-0.2, -0.15) is 0 Å². The summed E-state index contributed by atoms with van der Waals surface area (Å²) < 4.78 is 6.89. The van der Waals surface area contributed by atoms with Crippen LogP contribution >= 0.6 is 0 Å². The molecule has 1 aromatic heterocycles. The number of benzene rings is 2. The van der Waals surface area contributed by atoms with E-state index in [2.05, 4.69) is 0 Å². The molecule has 3 aromatic rings. The summed E-state index contributed by atoms with van der Waals surface area (Å²) in [4.78, 5) is 24.6. The van der Waals surface area contributed by atoms with Crippen molar-refractivity contribution in [1.29, 1.82) is 0 Å². The molecule has 0 fully saturated rings. The molecular formula is C19H17NO4. The molecule has 0 aliphatic heterocycles. The number of nitrogens with zero attached hydrogens (tertiary/aromatic N) is 1. The number of para-hydroxylation sites is 1. The summed E-state index contributed by atoms with van der Waals surface area (Å²) >= 11 is 0. The van der Waals surface area contributed by atoms with Crippen LogP contribution in [0.3, 0.4) is 0 Å². The van der Waals surface area contributed by atoms with Gasteiger partial charge in [0, 0.05) is 16.6 Å². The minimum Gasteiger partial charge on any atom is -0.494 e. The van der Waals surface area contributed by atoms with Crippen LogP contribution in [0.2, 0.25) is 0 Å². The van der Waals surface area contributed by atoms with Gasteiger partial charge in [-0.25, -0.2) is 4.79 Å². The number of fused-ring (bicyclic) bond motifs is 1. The number of carboxylic acids is 1. The van der Waals surface area contributed by atoms with Crippen molar-refractivity contribution in [2.75, 3.05) is 6.61 Å². The zero-order valence-electron chi connectivity index (χ0n) is 13.4. The van der Waals surface area contributed by atoms with Crippen LogP contribution in [0.15, 0.2) is 48.5 Å². The minimum atomic E-state index is -1.04. The van der Waals surface area contributed by atoms with Gasteiger partial charge in [0.2, 0.25) is 0 Å². The van der Waals surface area contributed by atoms with Crippen molar-refractivity contribution in [3.63, 3.8) is 0 Å². The van der Waals surface area contributed by atoms with Gasteiger partial charge in [0.05, 0.1) is 17.7 Å². The van der Waals surface area contributed by atoms with Crippen LogP contribution < -0.4 is 4.74 Å². The van der Waals surface area contributed by atoms with E-state index in [4.69, 9.17) is 4.74 Å². The molecule has 0 aliphatic rings. The van der Waals surface area contributed by atoms with E-state index in [0.717, 1.165) is 0 Å². The molecule has 3 rings (SSSR count). The Morgan fingerprint density at radius 2 is 1.88 bits per heavy atom. The van der Waals surface area contributed by atoms with E-state index in [1.54, 1.807) is 55.5 Å². The number of ether oxygens (including phenoxy) is 1. The molecule has 0 spiro atoms. The Bertz CT molecular complexity index is 940. The Morgan fingerprint density at radius 1 is 1.12 bits per heavy atom. The van der Waals surface area contributed by atoms with Crippen molar-refractivity contribution >= 4 is 22.8 Å². The number of rotatable bonds is 4. The molecule has 0 saturated carbocycles. The van der Waals surface area contributed by atoms with E-state index in [0.29, 0.717) is 34.5 Å². The molecule has 24 heavy (non-hydrogen) atoms. The van der Waals surface area contributed by atoms with Gasteiger partial charge in [-0.1, -0.05) is 24.3 Å². The second-order valence-corrected chi connectivity index (χ2v) is 5.38. The number of hydrogen-bond acceptors (Lipinski definition) is 3. The number of carbonyl (C=O) groups is 2. The quantitative estimate of drug-likeness (QED) is 0.794. The van der Waals surface area contributed by atoms with Crippen molar-refractivity contribution in [2.45, 2.75) is 13.8 Å². The molecule has 0 amide bonds. The summed E-state index contributed by atoms with van der Waals surface area (Å²) in [6, 6.07) is 13.9. The largest absolute Gasteiger partial charge is 0.494 e. The summed E-state index contributed by atoms with van der Waals surface area (Å²) in [5.41, 5.74) is 1.59. The molecule has 122 valence electrons. The van der Waals surface area contributed by atoms with E-state index < -0.39 is 5.97 Å². The lowest BCUT2D eigenvalue weighted by Crippen LogP contribution is -2.14. The summed E-state index contributed by atoms with van der Waals surface area (Å²) in [5.74, 6) is -0.716. The average Bonchev–Trinajstić information content (AvgIpc) is 2.86. The Hall–Kier alpha value is -3.08. The van der Waals surface area contributed by atoms with Crippen molar-refractivity contribution < 1.29 is 19.4 Å². The van der Waals surface area contributed by atoms with Crippen molar-refractivity contribution in [3.8, 4) is 5.75 Å². The molecule has 2 aromatic carbocycles. The Kier molecular flexibility index (Phi) is 4.08. The van der Waals surface area contributed by atoms with E-state index >= 15 is 0 Å². The highest BCUT2D eigenvalue weighted by atomic mass is 16.5. The van der Waals surface area contributed by atoms with Gasteiger partial charge in [-0.05, 0) is 38.1 Å². The molecule has 0 radical (unpaired) electrons. The van der Waals surface area contributed by atoms with Crippen molar-refractivity contribution in [3.05, 3.63) is 65.4 Å². The summed E-state index contributed by atoms with van der Waals surface area (Å²) in [6.45, 7) is 4.03. The first kappa shape index (κ1) is 15.8. The van der Waals surface area contributed by atoms with Gasteiger partial charge in [-0.15, -0.1) is 0 Å². The molecule has 0 aliphatic carbocycles. The third-order valence-electron chi connectivity index (χ3n) is 3.92. The van der Waals surface area contributed by atoms with Gasteiger partial charge in [0.1, 0.15) is 5.75 Å². The lowest BCUT2D eigenvalue weighted by molar-refractivity contribution is 0.0698. The normalized spacial score (nSPS) is 10.8. The first-order valence-electron chi connectivity index (χ1n) is 7.65. The van der Waals surface area contributed by atoms with Gasteiger partial charge in [0.15, 0.2) is 0 Å². The Balaban J connectivity index is 2.19. The second kappa shape index (κ2) is 6.20. The van der Waals surface area contributed by atoms with Crippen LogP contribution in [0.5, 0.6) is 5.75 Å². The fourth-order valence-electron chi connectivity index (χ4n) is 2.91. The predicted octanol–water partition coefficient (Wildman–Crippen LogP) is 3.74. The smallest absolute Gasteiger partial charge is 0.338 e. The number of hydrogen-bond donors (Lipinski definition) is 1. The van der Waals surface area contributed by atoms with Gasteiger partial charge in [-0.3, -0.25) is 9.36 Å². The zero-order chi connectivity index (χ0) is 17.3. The minimum absolute atomic E-state index is 0.153. The van der Waals surface area contributed by atoms with Crippen molar-refractivity contribution in [2.24, 2.45) is 0 Å². The fourth-order valence-corrected chi connectivity index (χ4v) is 2.91. The summed E-state index contributed by atoms with van der Waals surface area (Å²) in [7, 11) is 0. The van der Waals surface area contributed by atoms with Gasteiger partial charge in [0.25, 0.3) is 5.91 Å². The van der Waals surface area contributed by atoms with E-state index in [1.807, 2.05) is 6.92 Å². The average molecular weight is 323 g/mol. The van der Waals surface area contributed by atoms with Crippen LogP contribution in [0.4, 0.5) is 0 Å². The van der Waals surface area contributed by atoms with Crippen molar-refractivity contribution in [1.82, 2.24) is 4.57 Å². The number of carboxylic acid groups (broad SMARTS) is 1. The highest BCUT2D eigenvalue weighted by molar-refractivity contribution is 6.11. The van der Waals surface area contributed by atoms with E-state index in [-0.39, 0.29) is 11.5 Å². The maximum absolute atomic E-state index is 13.0. The number of carbonyl (C=O) groups excluding carboxylic acids is 1. The second-order valence-electron chi connectivity index (χ2n) is 5.38. The predicted molar refractivity (Wildman–Crippen MR) is 91.0 cm³/mol. The van der Waals surface area contributed by atoms with Gasteiger partial charge >= 0.3 is 5.97 Å². The van der Waals surface area contributed by atoms with Crippen LogP contribution in [-0.4, -0.2) is 28.2 Å². The number of aromatic nitrogens is 1. The lowest BCUT2D eigenvalue weighted by atomic mass is 10.1. The lowest BCUT2D eigenvalue weighted by Gasteiger charge is -2.09. The van der Waals surface area contributed by atoms with Crippen LogP contribution in [-0.2, 0) is 0 Å². The Morgan fingerprint density at radius 3 is 2.58 bits per heavy atom. The monoisotopic (exact) mass is 323 g/mol. The topological polar surface area (TPSA) is 68.5 Å². The highest BCUT2D eigenvalue weighted by Gasteiger charge is 2.23. The fraction of sp³-hybridized carbons (Fsp3) is 0.158. The standard InChI is InChI=1S/C19H17NO4/c1-3-24-14-8-6-7-13(11-14)18(21)20-12(2)17(19(22)23)15-9-4-5-10-16(15)20/h4-11H,3H2,1-2H3,(H,22,23). The Labute approximate surface area is 139 Å². The molecule has 0 bridgehead atoms. The summed E-state index contributed by atoms with van der Waals surface area (Å²) in [5, 5.41) is 10.1. The van der Waals surface area contributed by atoms with Crippen LogP contribution in [0.25, 0.3) is 10.9 Å². The molecule has 0 saturated heterocycles. The maximum Gasteiger partial charge on any atom is 0.338 e. The third-order valence-corrected chi connectivity index (χ3v) is 3.92. The van der Waals surface area contributed by atoms with Crippen LogP contribution in [0.1, 0.15) is 33.3 Å². The number of aromatic carboxylic acids is 1. The van der Waals surface area contributed by atoms with E-state index in [9.17, 15) is 14.7 Å². The first-order chi connectivity index (χ1) is 11.5. The summed E-state index contributed by atoms with van der Waals surface area (Å²) in [6.07, 6.45) is 0. The van der Waals surface area contributed by atoms with Gasteiger partial charge < -0.3 is 9.84 Å². The molecule has 5 heteroatoms. The molecule has 1 heterocycles. The molecule has 5 nitrogen and oxygen atoms in total. The molecule has 1 N–H and O–H groups in total. The third kappa shape index (κ3) is 2.54. The van der Waals surface area contributed by atoms with Crippen LogP contribution in [0, 0.1) is 6.92 Å². The molecule has 0 unspecified atom stereocenters. The SMILES string of the molecule is CCOc1cccc(C(=O)n2c(C)c(C(=O)O)c3ccccc32)c1. The zero-order valence-corrected chi connectivity index (χ0v) is 13.4. The van der Waals surface area contributed by atoms with E-state index in [1.165, 1.54) is 4.57 Å².